The zero-order valence-corrected chi connectivity index (χ0v) is 9.64. The molecule has 0 aliphatic rings. The van der Waals surface area contributed by atoms with Gasteiger partial charge in [-0.25, -0.2) is 4.98 Å². The Labute approximate surface area is 98.0 Å². The van der Waals surface area contributed by atoms with Crippen LogP contribution in [0.1, 0.15) is 5.82 Å². The molecule has 0 amide bonds. The van der Waals surface area contributed by atoms with Crippen molar-refractivity contribution in [3.8, 4) is 0 Å². The number of benzene rings is 2. The van der Waals surface area contributed by atoms with Crippen LogP contribution in [0.4, 0.5) is 0 Å². The summed E-state index contributed by atoms with van der Waals surface area (Å²) in [5, 5.41) is 3.42. The van der Waals surface area contributed by atoms with Crippen molar-refractivity contribution in [1.29, 1.82) is 0 Å². The number of hydrogen-bond acceptors (Lipinski definition) is 2. The lowest BCUT2D eigenvalue weighted by Crippen LogP contribution is -1.90. The smallest absolute Gasteiger partial charge is 0.137 e. The second-order valence-electron chi connectivity index (χ2n) is 3.87. The molecule has 0 unspecified atom stereocenters. The number of hydrogen-bond donors (Lipinski definition) is 1. The molecule has 0 spiro atoms. The minimum absolute atomic E-state index is 0.664. The second kappa shape index (κ2) is 3.39. The number of aromatic amines is 1. The molecule has 3 heteroatoms. The first kappa shape index (κ1) is 9.48. The quantitative estimate of drug-likeness (QED) is 0.467. The minimum Gasteiger partial charge on any atom is -0.343 e. The molecule has 0 bridgehead atoms. The van der Waals surface area contributed by atoms with Crippen LogP contribution in [0.5, 0.6) is 0 Å². The van der Waals surface area contributed by atoms with Crippen molar-refractivity contribution in [1.82, 2.24) is 9.97 Å². The van der Waals surface area contributed by atoms with E-state index in [0.29, 0.717) is 4.64 Å². The molecule has 2 aromatic carbocycles. The van der Waals surface area contributed by atoms with Gasteiger partial charge in [-0.05, 0) is 29.8 Å². The van der Waals surface area contributed by atoms with Crippen LogP contribution < -0.4 is 0 Å². The van der Waals surface area contributed by atoms with Crippen LogP contribution in [0.3, 0.4) is 0 Å². The van der Waals surface area contributed by atoms with Crippen LogP contribution in [0.15, 0.2) is 36.4 Å². The van der Waals surface area contributed by atoms with Crippen LogP contribution >= 0.6 is 12.2 Å². The van der Waals surface area contributed by atoms with Crippen LogP contribution in [0.2, 0.25) is 0 Å². The number of H-pyrrole nitrogens is 1. The van der Waals surface area contributed by atoms with E-state index in [0.717, 1.165) is 16.7 Å². The van der Waals surface area contributed by atoms with Gasteiger partial charge >= 0.3 is 0 Å². The molecule has 0 saturated heterocycles. The van der Waals surface area contributed by atoms with Gasteiger partial charge < -0.3 is 4.98 Å². The number of rotatable bonds is 0. The van der Waals surface area contributed by atoms with Gasteiger partial charge in [-0.2, -0.15) is 0 Å². The van der Waals surface area contributed by atoms with E-state index in [-0.39, 0.29) is 0 Å². The normalized spacial score (nSPS) is 11.1. The topological polar surface area (TPSA) is 28.7 Å². The molecule has 16 heavy (non-hydrogen) atoms. The molecule has 0 radical (unpaired) electrons. The molecule has 78 valence electrons. The first-order valence-electron chi connectivity index (χ1n) is 5.13. The van der Waals surface area contributed by atoms with Crippen LogP contribution in [-0.2, 0) is 0 Å². The number of aromatic nitrogens is 2. The molecule has 3 aromatic rings. The monoisotopic (exact) mass is 226 g/mol. The Morgan fingerprint density at radius 1 is 1.12 bits per heavy atom. The Hall–Kier alpha value is -1.74. The molecule has 3 rings (SSSR count). The highest BCUT2D eigenvalue weighted by Crippen LogP contribution is 2.21. The van der Waals surface area contributed by atoms with Crippen LogP contribution in [-0.4, -0.2) is 9.97 Å². The summed E-state index contributed by atoms with van der Waals surface area (Å²) in [6.45, 7) is 1.92. The van der Waals surface area contributed by atoms with E-state index >= 15 is 0 Å². The fourth-order valence-electron chi connectivity index (χ4n) is 1.96. The average molecular weight is 226 g/mol. The third kappa shape index (κ3) is 1.41. The minimum atomic E-state index is 0.664. The lowest BCUT2D eigenvalue weighted by Gasteiger charge is -2.03. The molecule has 0 aliphatic heterocycles. The summed E-state index contributed by atoms with van der Waals surface area (Å²) < 4.78 is 0.664. The Morgan fingerprint density at radius 2 is 1.81 bits per heavy atom. The van der Waals surface area contributed by atoms with Crippen LogP contribution in [0, 0.1) is 11.6 Å². The number of aryl methyl sites for hydroxylation is 1. The summed E-state index contributed by atoms with van der Waals surface area (Å²) in [6.07, 6.45) is 0. The van der Waals surface area contributed by atoms with Gasteiger partial charge in [-0.1, -0.05) is 36.5 Å². The second-order valence-corrected chi connectivity index (χ2v) is 4.26. The number of nitrogens with zero attached hydrogens (tertiary/aromatic N) is 1. The molecule has 2 nitrogen and oxygen atoms in total. The average Bonchev–Trinajstić information content (AvgIpc) is 2.27. The van der Waals surface area contributed by atoms with Gasteiger partial charge in [0, 0.05) is 5.39 Å². The molecule has 1 aromatic heterocycles. The summed E-state index contributed by atoms with van der Waals surface area (Å²) in [5.41, 5.74) is 1.05. The van der Waals surface area contributed by atoms with Gasteiger partial charge in [0.25, 0.3) is 0 Å². The van der Waals surface area contributed by atoms with Crippen molar-refractivity contribution >= 4 is 33.9 Å². The van der Waals surface area contributed by atoms with E-state index in [2.05, 4.69) is 34.2 Å². The molecule has 0 saturated carbocycles. The van der Waals surface area contributed by atoms with Crippen molar-refractivity contribution in [3.05, 3.63) is 46.9 Å². The number of nitrogens with one attached hydrogen (secondary N) is 1. The van der Waals surface area contributed by atoms with Gasteiger partial charge in [0.2, 0.25) is 0 Å². The van der Waals surface area contributed by atoms with Crippen LogP contribution in [0.25, 0.3) is 21.7 Å². The van der Waals surface area contributed by atoms with E-state index in [1.54, 1.807) is 0 Å². The highest BCUT2D eigenvalue weighted by atomic mass is 32.1. The van der Waals surface area contributed by atoms with Gasteiger partial charge in [0.15, 0.2) is 0 Å². The lowest BCUT2D eigenvalue weighted by molar-refractivity contribution is 1.08. The highest BCUT2D eigenvalue weighted by molar-refractivity contribution is 7.71. The van der Waals surface area contributed by atoms with E-state index < -0.39 is 0 Å². The van der Waals surface area contributed by atoms with E-state index in [4.69, 9.17) is 12.2 Å². The van der Waals surface area contributed by atoms with E-state index in [9.17, 15) is 0 Å². The van der Waals surface area contributed by atoms with Gasteiger partial charge in [-0.3, -0.25) is 0 Å². The van der Waals surface area contributed by atoms with Crippen molar-refractivity contribution in [2.24, 2.45) is 0 Å². The Balaban J connectivity index is 2.56. The lowest BCUT2D eigenvalue weighted by atomic mass is 10.1. The zero-order valence-electron chi connectivity index (χ0n) is 8.82. The largest absolute Gasteiger partial charge is 0.343 e. The summed E-state index contributed by atoms with van der Waals surface area (Å²) in [7, 11) is 0. The van der Waals surface area contributed by atoms with Gasteiger partial charge in [0.1, 0.15) is 10.5 Å². The maximum absolute atomic E-state index is 5.27. The Bertz CT molecular complexity index is 744. The summed E-state index contributed by atoms with van der Waals surface area (Å²) in [4.78, 5) is 7.51. The van der Waals surface area contributed by atoms with E-state index in [1.807, 2.05) is 19.1 Å². The molecule has 0 atom stereocenters. The SMILES string of the molecule is Cc1nc(=S)c2cc3ccccc3cc2[nH]1. The van der Waals surface area contributed by atoms with Crippen molar-refractivity contribution in [2.45, 2.75) is 6.92 Å². The molecular formula is C13H10N2S. The highest BCUT2D eigenvalue weighted by Gasteiger charge is 2.00. The maximum atomic E-state index is 5.27. The third-order valence-corrected chi connectivity index (χ3v) is 3.01. The molecular weight excluding hydrogens is 216 g/mol. The third-order valence-electron chi connectivity index (χ3n) is 2.70. The van der Waals surface area contributed by atoms with Gasteiger partial charge in [-0.15, -0.1) is 0 Å². The fourth-order valence-corrected chi connectivity index (χ4v) is 2.26. The van der Waals surface area contributed by atoms with Crippen molar-refractivity contribution in [3.63, 3.8) is 0 Å². The summed E-state index contributed by atoms with van der Waals surface area (Å²) in [6, 6.07) is 12.5. The molecule has 1 N–H and O–H groups in total. The summed E-state index contributed by atoms with van der Waals surface area (Å²) in [5.74, 6) is 0.854. The number of fused-ring (bicyclic) bond motifs is 2. The standard InChI is InChI=1S/C13H10N2S/c1-8-14-12-7-10-5-3-2-4-9(10)6-11(12)13(16)15-8/h2-7H,1H3,(H,14,15,16). The van der Waals surface area contributed by atoms with Gasteiger partial charge in [0.05, 0.1) is 5.52 Å². The zero-order chi connectivity index (χ0) is 11.1. The first-order chi connectivity index (χ1) is 7.74. The fraction of sp³-hybridized carbons (Fsp3) is 0.0769. The van der Waals surface area contributed by atoms with Crippen molar-refractivity contribution in [2.75, 3.05) is 0 Å². The maximum Gasteiger partial charge on any atom is 0.137 e. The molecule has 0 aliphatic carbocycles. The predicted octanol–water partition coefficient (Wildman–Crippen LogP) is 3.75. The molecule has 0 fully saturated rings. The molecule has 1 heterocycles. The first-order valence-corrected chi connectivity index (χ1v) is 5.54. The van der Waals surface area contributed by atoms with E-state index in [1.165, 1.54) is 10.8 Å². The Morgan fingerprint density at radius 3 is 2.56 bits per heavy atom. The summed E-state index contributed by atoms with van der Waals surface area (Å²) >= 11 is 5.27. The predicted molar refractivity (Wildman–Crippen MR) is 69.2 cm³/mol. The Kier molecular flexibility index (Phi) is 2.01. The van der Waals surface area contributed by atoms with Crippen molar-refractivity contribution < 1.29 is 0 Å².